The van der Waals surface area contributed by atoms with E-state index < -0.39 is 0 Å². The molecule has 25 heavy (non-hydrogen) atoms. The molecule has 0 aromatic carbocycles. The van der Waals surface area contributed by atoms with E-state index in [0.717, 1.165) is 49.2 Å². The first kappa shape index (κ1) is 17.9. The second kappa shape index (κ2) is 7.97. The van der Waals surface area contributed by atoms with Gasteiger partial charge in [-0.1, -0.05) is 18.5 Å². The summed E-state index contributed by atoms with van der Waals surface area (Å²) in [6.07, 6.45) is 3.71. The second-order valence-electron chi connectivity index (χ2n) is 6.24. The lowest BCUT2D eigenvalue weighted by Crippen LogP contribution is -2.47. The number of likely N-dealkylation sites (tertiary alicyclic amines) is 1. The molecule has 1 fully saturated rings. The number of halogens is 1. The predicted molar refractivity (Wildman–Crippen MR) is 99.0 cm³/mol. The number of pyridine rings is 2. The van der Waals surface area contributed by atoms with Crippen molar-refractivity contribution >= 4 is 34.3 Å². The van der Waals surface area contributed by atoms with Crippen LogP contribution in [0.5, 0.6) is 0 Å². The molecule has 0 N–H and O–H groups in total. The van der Waals surface area contributed by atoms with Crippen molar-refractivity contribution in [2.45, 2.75) is 25.8 Å². The highest BCUT2D eigenvalue weighted by atomic mass is 35.5. The Labute approximate surface area is 152 Å². The number of hydrogen-bond donors (Lipinski definition) is 0. The van der Waals surface area contributed by atoms with Crippen molar-refractivity contribution in [3.63, 3.8) is 0 Å². The zero-order valence-corrected chi connectivity index (χ0v) is 15.4. The number of anilines is 1. The average molecular weight is 363 g/mol. The summed E-state index contributed by atoms with van der Waals surface area (Å²) in [4.78, 5) is 25.2. The Bertz CT molecular complexity index is 747. The summed E-state index contributed by atoms with van der Waals surface area (Å²) in [5.41, 5.74) is 0.776. The zero-order valence-electron chi connectivity index (χ0n) is 14.6. The summed E-state index contributed by atoms with van der Waals surface area (Å²) < 4.78 is 4.89. The third-order valence-electron chi connectivity index (χ3n) is 4.79. The number of rotatable bonds is 5. The Morgan fingerprint density at radius 1 is 1.40 bits per heavy atom. The first-order valence-corrected chi connectivity index (χ1v) is 8.96. The standard InChI is InChI=1S/C18H23ClN4O2/c1-3-22-8-6-14(7-9-22)23(12-18(24)25-2)17-5-4-13-11-20-16(19)10-15(13)21-17/h4-5,10-11,14H,3,6-9,12H2,1-2H3. The van der Waals surface area contributed by atoms with Crippen molar-refractivity contribution in [2.75, 3.05) is 38.2 Å². The fraction of sp³-hybridized carbons (Fsp3) is 0.500. The smallest absolute Gasteiger partial charge is 0.325 e. The van der Waals surface area contributed by atoms with Crippen LogP contribution in [0.2, 0.25) is 5.15 Å². The third kappa shape index (κ3) is 4.19. The van der Waals surface area contributed by atoms with Crippen LogP contribution in [0.15, 0.2) is 24.4 Å². The molecule has 0 radical (unpaired) electrons. The van der Waals surface area contributed by atoms with Gasteiger partial charge in [0.1, 0.15) is 17.5 Å². The van der Waals surface area contributed by atoms with Crippen LogP contribution in [0.3, 0.4) is 0 Å². The first-order chi connectivity index (χ1) is 12.1. The Morgan fingerprint density at radius 3 is 2.84 bits per heavy atom. The van der Waals surface area contributed by atoms with Gasteiger partial charge in [0.05, 0.1) is 12.6 Å². The molecule has 0 amide bonds. The number of fused-ring (bicyclic) bond motifs is 1. The van der Waals surface area contributed by atoms with Gasteiger partial charge in [-0.15, -0.1) is 0 Å². The number of methoxy groups -OCH3 is 1. The van der Waals surface area contributed by atoms with E-state index in [2.05, 4.69) is 21.7 Å². The third-order valence-corrected chi connectivity index (χ3v) is 5.00. The SMILES string of the molecule is CCN1CCC(N(CC(=O)OC)c2ccc3cnc(Cl)cc3n2)CC1. The van der Waals surface area contributed by atoms with Crippen LogP contribution < -0.4 is 4.90 Å². The van der Waals surface area contributed by atoms with Crippen LogP contribution in [-0.4, -0.2) is 60.2 Å². The summed E-state index contributed by atoms with van der Waals surface area (Å²) in [6, 6.07) is 5.92. The van der Waals surface area contributed by atoms with Gasteiger partial charge in [-0.05, 0) is 31.5 Å². The van der Waals surface area contributed by atoms with Crippen LogP contribution in [0.1, 0.15) is 19.8 Å². The van der Waals surface area contributed by atoms with Crippen molar-refractivity contribution in [2.24, 2.45) is 0 Å². The van der Waals surface area contributed by atoms with Gasteiger partial charge >= 0.3 is 5.97 Å². The highest BCUT2D eigenvalue weighted by Crippen LogP contribution is 2.25. The average Bonchev–Trinajstić information content (AvgIpc) is 2.65. The summed E-state index contributed by atoms with van der Waals surface area (Å²) in [6.45, 7) is 5.49. The molecule has 6 nitrogen and oxygen atoms in total. The van der Waals surface area contributed by atoms with Crippen LogP contribution in [0.4, 0.5) is 5.82 Å². The molecule has 1 saturated heterocycles. The second-order valence-corrected chi connectivity index (χ2v) is 6.63. The minimum Gasteiger partial charge on any atom is -0.468 e. The zero-order chi connectivity index (χ0) is 17.8. The van der Waals surface area contributed by atoms with Crippen molar-refractivity contribution in [1.82, 2.24) is 14.9 Å². The number of carbonyl (C=O) groups excluding carboxylic acids is 1. The fourth-order valence-corrected chi connectivity index (χ4v) is 3.44. The highest BCUT2D eigenvalue weighted by molar-refractivity contribution is 6.30. The number of nitrogens with zero attached hydrogens (tertiary/aromatic N) is 4. The lowest BCUT2D eigenvalue weighted by molar-refractivity contribution is -0.139. The molecule has 2 aromatic heterocycles. The maximum atomic E-state index is 11.9. The van der Waals surface area contributed by atoms with Gasteiger partial charge in [-0.25, -0.2) is 9.97 Å². The number of hydrogen-bond acceptors (Lipinski definition) is 6. The monoisotopic (exact) mass is 362 g/mol. The van der Waals surface area contributed by atoms with E-state index in [-0.39, 0.29) is 18.6 Å². The molecule has 0 aliphatic carbocycles. The molecule has 0 atom stereocenters. The quantitative estimate of drug-likeness (QED) is 0.602. The lowest BCUT2D eigenvalue weighted by atomic mass is 10.0. The van der Waals surface area contributed by atoms with E-state index >= 15 is 0 Å². The molecule has 3 rings (SSSR count). The molecular formula is C18H23ClN4O2. The Hall–Kier alpha value is -1.92. The van der Waals surface area contributed by atoms with Gasteiger partial charge in [0.25, 0.3) is 0 Å². The van der Waals surface area contributed by atoms with Crippen LogP contribution >= 0.6 is 11.6 Å². The fourth-order valence-electron chi connectivity index (χ4n) is 3.29. The van der Waals surface area contributed by atoms with E-state index in [9.17, 15) is 4.79 Å². The van der Waals surface area contributed by atoms with Gasteiger partial charge in [0, 0.05) is 36.8 Å². The molecule has 0 spiro atoms. The van der Waals surface area contributed by atoms with Crippen LogP contribution in [0.25, 0.3) is 10.9 Å². The molecule has 3 heterocycles. The predicted octanol–water partition coefficient (Wildman–Crippen LogP) is 2.75. The van der Waals surface area contributed by atoms with Gasteiger partial charge in [0.2, 0.25) is 0 Å². The molecule has 0 bridgehead atoms. The summed E-state index contributed by atoms with van der Waals surface area (Å²) in [5.74, 6) is 0.516. The lowest BCUT2D eigenvalue weighted by Gasteiger charge is -2.38. The molecule has 0 saturated carbocycles. The molecule has 0 unspecified atom stereocenters. The molecule has 1 aliphatic heterocycles. The number of carbonyl (C=O) groups is 1. The number of aromatic nitrogens is 2. The Morgan fingerprint density at radius 2 is 2.16 bits per heavy atom. The Kier molecular flexibility index (Phi) is 5.71. The molecule has 7 heteroatoms. The van der Waals surface area contributed by atoms with Crippen molar-refractivity contribution in [1.29, 1.82) is 0 Å². The molecule has 2 aromatic rings. The van der Waals surface area contributed by atoms with E-state index in [1.165, 1.54) is 7.11 Å². The minimum absolute atomic E-state index is 0.199. The van der Waals surface area contributed by atoms with Crippen molar-refractivity contribution < 1.29 is 9.53 Å². The minimum atomic E-state index is -0.257. The maximum absolute atomic E-state index is 11.9. The van der Waals surface area contributed by atoms with Crippen LogP contribution in [-0.2, 0) is 9.53 Å². The summed E-state index contributed by atoms with van der Waals surface area (Å²) >= 11 is 5.99. The van der Waals surface area contributed by atoms with E-state index in [1.807, 2.05) is 12.1 Å². The van der Waals surface area contributed by atoms with Crippen LogP contribution in [0, 0.1) is 0 Å². The number of ether oxygens (including phenoxy) is 1. The molecular weight excluding hydrogens is 340 g/mol. The largest absolute Gasteiger partial charge is 0.468 e. The Balaban J connectivity index is 1.89. The van der Waals surface area contributed by atoms with E-state index in [4.69, 9.17) is 21.3 Å². The molecule has 1 aliphatic rings. The summed E-state index contributed by atoms with van der Waals surface area (Å²) in [5, 5.41) is 1.33. The van der Waals surface area contributed by atoms with E-state index in [1.54, 1.807) is 12.3 Å². The summed E-state index contributed by atoms with van der Waals surface area (Å²) in [7, 11) is 1.42. The van der Waals surface area contributed by atoms with Gasteiger partial charge < -0.3 is 14.5 Å². The number of piperidine rings is 1. The van der Waals surface area contributed by atoms with Crippen molar-refractivity contribution in [3.8, 4) is 0 Å². The van der Waals surface area contributed by atoms with Crippen molar-refractivity contribution in [3.05, 3.63) is 29.5 Å². The topological polar surface area (TPSA) is 58.6 Å². The number of esters is 1. The highest BCUT2D eigenvalue weighted by Gasteiger charge is 2.27. The van der Waals surface area contributed by atoms with Gasteiger partial charge in [-0.2, -0.15) is 0 Å². The normalized spacial score (nSPS) is 16.1. The van der Waals surface area contributed by atoms with Gasteiger partial charge in [-0.3, -0.25) is 4.79 Å². The van der Waals surface area contributed by atoms with Gasteiger partial charge in [0.15, 0.2) is 0 Å². The van der Waals surface area contributed by atoms with E-state index in [0.29, 0.717) is 5.15 Å². The first-order valence-electron chi connectivity index (χ1n) is 8.59. The maximum Gasteiger partial charge on any atom is 0.325 e. The molecule has 134 valence electrons.